The smallest absolute Gasteiger partial charge is 0.275 e. The molecule has 1 N–H and O–H groups in total. The molecule has 0 aliphatic carbocycles. The quantitative estimate of drug-likeness (QED) is 0.678. The third-order valence-electron chi connectivity index (χ3n) is 2.97. The fraction of sp³-hybridized carbons (Fsp3) is 0.214. The zero-order valence-electron chi connectivity index (χ0n) is 11.0. The first-order valence-corrected chi connectivity index (χ1v) is 6.50. The standard InChI is InChI=1S/C14H14ClN3O2/c1-10-3-2-6-17-13(10)9-16-8-11-4-5-12(15)7-14(11)18(19)20/h2-7,16H,8-9H2,1H3. The first-order chi connectivity index (χ1) is 9.58. The number of nitrogens with zero attached hydrogens (tertiary/aromatic N) is 2. The molecule has 1 aromatic heterocycles. The summed E-state index contributed by atoms with van der Waals surface area (Å²) in [5.41, 5.74) is 2.66. The van der Waals surface area contributed by atoms with E-state index in [-0.39, 0.29) is 5.69 Å². The van der Waals surface area contributed by atoms with Gasteiger partial charge in [-0.05, 0) is 30.7 Å². The van der Waals surface area contributed by atoms with Crippen LogP contribution in [0.2, 0.25) is 5.02 Å². The number of halogens is 1. The summed E-state index contributed by atoms with van der Waals surface area (Å²) in [5.74, 6) is 0. The van der Waals surface area contributed by atoms with Gasteiger partial charge in [-0.2, -0.15) is 0 Å². The van der Waals surface area contributed by atoms with Gasteiger partial charge in [-0.3, -0.25) is 15.1 Å². The van der Waals surface area contributed by atoms with E-state index >= 15 is 0 Å². The Hall–Kier alpha value is -1.98. The van der Waals surface area contributed by atoms with E-state index in [2.05, 4.69) is 10.3 Å². The highest BCUT2D eigenvalue weighted by atomic mass is 35.5. The number of aromatic nitrogens is 1. The Morgan fingerprint density at radius 3 is 2.85 bits per heavy atom. The van der Waals surface area contributed by atoms with Crippen molar-refractivity contribution in [2.24, 2.45) is 0 Å². The van der Waals surface area contributed by atoms with Crippen LogP contribution in [-0.2, 0) is 13.1 Å². The molecular weight excluding hydrogens is 278 g/mol. The summed E-state index contributed by atoms with van der Waals surface area (Å²) in [6.07, 6.45) is 1.73. The lowest BCUT2D eigenvalue weighted by atomic mass is 10.1. The maximum Gasteiger partial charge on any atom is 0.275 e. The minimum Gasteiger partial charge on any atom is -0.307 e. The number of pyridine rings is 1. The fourth-order valence-electron chi connectivity index (χ4n) is 1.88. The molecule has 0 amide bonds. The van der Waals surface area contributed by atoms with E-state index in [0.717, 1.165) is 11.3 Å². The minimum atomic E-state index is -0.422. The predicted octanol–water partition coefficient (Wildman–Crippen LogP) is 3.24. The van der Waals surface area contributed by atoms with Gasteiger partial charge in [0.15, 0.2) is 0 Å². The van der Waals surface area contributed by atoms with E-state index in [1.807, 2.05) is 19.1 Å². The number of nitrogens with one attached hydrogen (secondary N) is 1. The number of hydrogen-bond acceptors (Lipinski definition) is 4. The number of benzene rings is 1. The van der Waals surface area contributed by atoms with Gasteiger partial charge in [-0.15, -0.1) is 0 Å². The van der Waals surface area contributed by atoms with Gasteiger partial charge in [0.2, 0.25) is 0 Å². The van der Waals surface area contributed by atoms with Crippen LogP contribution in [0.25, 0.3) is 0 Å². The van der Waals surface area contributed by atoms with E-state index in [0.29, 0.717) is 23.7 Å². The van der Waals surface area contributed by atoms with Gasteiger partial charge in [-0.25, -0.2) is 0 Å². The number of rotatable bonds is 5. The molecule has 20 heavy (non-hydrogen) atoms. The largest absolute Gasteiger partial charge is 0.307 e. The molecule has 0 saturated heterocycles. The normalized spacial score (nSPS) is 10.5. The van der Waals surface area contributed by atoms with Gasteiger partial charge < -0.3 is 5.32 Å². The van der Waals surface area contributed by atoms with E-state index in [1.165, 1.54) is 6.07 Å². The summed E-state index contributed by atoms with van der Waals surface area (Å²) < 4.78 is 0. The van der Waals surface area contributed by atoms with Gasteiger partial charge in [0.25, 0.3) is 5.69 Å². The third kappa shape index (κ3) is 3.53. The van der Waals surface area contributed by atoms with Crippen molar-refractivity contribution in [3.63, 3.8) is 0 Å². The van der Waals surface area contributed by atoms with Gasteiger partial charge in [0, 0.05) is 35.9 Å². The highest BCUT2D eigenvalue weighted by Gasteiger charge is 2.13. The van der Waals surface area contributed by atoms with Crippen molar-refractivity contribution in [2.45, 2.75) is 20.0 Å². The third-order valence-corrected chi connectivity index (χ3v) is 3.20. The summed E-state index contributed by atoms with van der Waals surface area (Å²) in [4.78, 5) is 14.8. The van der Waals surface area contributed by atoms with Gasteiger partial charge >= 0.3 is 0 Å². The molecule has 2 aromatic rings. The molecule has 2 rings (SSSR count). The molecule has 1 heterocycles. The first-order valence-electron chi connectivity index (χ1n) is 6.12. The van der Waals surface area contributed by atoms with E-state index < -0.39 is 4.92 Å². The molecule has 0 aliphatic rings. The Morgan fingerprint density at radius 2 is 2.15 bits per heavy atom. The number of nitro benzene ring substituents is 1. The van der Waals surface area contributed by atoms with Crippen LogP contribution in [-0.4, -0.2) is 9.91 Å². The van der Waals surface area contributed by atoms with Crippen LogP contribution in [0.3, 0.4) is 0 Å². The Kier molecular flexibility index (Phi) is 4.65. The summed E-state index contributed by atoms with van der Waals surface area (Å²) in [6, 6.07) is 8.54. The molecule has 104 valence electrons. The number of nitro groups is 1. The Bertz CT molecular complexity index is 632. The highest BCUT2D eigenvalue weighted by Crippen LogP contribution is 2.23. The van der Waals surface area contributed by atoms with Crippen LogP contribution in [0.5, 0.6) is 0 Å². The Balaban J connectivity index is 2.05. The second kappa shape index (κ2) is 6.45. The number of hydrogen-bond donors (Lipinski definition) is 1. The topological polar surface area (TPSA) is 68.1 Å². The average molecular weight is 292 g/mol. The Morgan fingerprint density at radius 1 is 1.35 bits per heavy atom. The second-order valence-electron chi connectivity index (χ2n) is 4.40. The van der Waals surface area contributed by atoms with Crippen molar-refractivity contribution in [3.05, 3.63) is 68.5 Å². The molecular formula is C14H14ClN3O2. The van der Waals surface area contributed by atoms with Crippen molar-refractivity contribution in [3.8, 4) is 0 Å². The molecule has 5 nitrogen and oxygen atoms in total. The highest BCUT2D eigenvalue weighted by molar-refractivity contribution is 6.30. The maximum atomic E-state index is 11.0. The zero-order valence-corrected chi connectivity index (χ0v) is 11.7. The molecule has 0 unspecified atom stereocenters. The zero-order chi connectivity index (χ0) is 14.5. The van der Waals surface area contributed by atoms with Crippen molar-refractivity contribution in [1.29, 1.82) is 0 Å². The van der Waals surface area contributed by atoms with Crippen LogP contribution in [0.1, 0.15) is 16.8 Å². The van der Waals surface area contributed by atoms with Crippen LogP contribution in [0, 0.1) is 17.0 Å². The fourth-order valence-corrected chi connectivity index (χ4v) is 2.04. The average Bonchev–Trinajstić information content (AvgIpc) is 2.42. The van der Waals surface area contributed by atoms with Crippen LogP contribution < -0.4 is 5.32 Å². The summed E-state index contributed by atoms with van der Waals surface area (Å²) in [6.45, 7) is 2.94. The van der Waals surface area contributed by atoms with Crippen molar-refractivity contribution >= 4 is 17.3 Å². The summed E-state index contributed by atoms with van der Waals surface area (Å²) in [7, 11) is 0. The minimum absolute atomic E-state index is 0.0303. The molecule has 6 heteroatoms. The monoisotopic (exact) mass is 291 g/mol. The van der Waals surface area contributed by atoms with Crippen LogP contribution >= 0.6 is 11.6 Å². The second-order valence-corrected chi connectivity index (χ2v) is 4.84. The lowest BCUT2D eigenvalue weighted by molar-refractivity contribution is -0.385. The van der Waals surface area contributed by atoms with Crippen molar-refractivity contribution in [2.75, 3.05) is 0 Å². The molecule has 0 radical (unpaired) electrons. The van der Waals surface area contributed by atoms with E-state index in [4.69, 9.17) is 11.6 Å². The molecule has 1 aromatic carbocycles. The SMILES string of the molecule is Cc1cccnc1CNCc1ccc(Cl)cc1[N+](=O)[O-]. The molecule has 0 bridgehead atoms. The van der Waals surface area contributed by atoms with Gasteiger partial charge in [0.1, 0.15) is 0 Å². The van der Waals surface area contributed by atoms with Crippen molar-refractivity contribution < 1.29 is 4.92 Å². The van der Waals surface area contributed by atoms with Crippen molar-refractivity contribution in [1.82, 2.24) is 10.3 Å². The molecule has 0 atom stereocenters. The Labute approximate surface area is 121 Å². The van der Waals surface area contributed by atoms with E-state index in [1.54, 1.807) is 18.3 Å². The molecule has 0 aliphatic heterocycles. The van der Waals surface area contributed by atoms with Gasteiger partial charge in [0.05, 0.1) is 10.6 Å². The lowest BCUT2D eigenvalue weighted by Gasteiger charge is -2.07. The first kappa shape index (κ1) is 14.4. The molecule has 0 spiro atoms. The predicted molar refractivity (Wildman–Crippen MR) is 77.6 cm³/mol. The maximum absolute atomic E-state index is 11.0. The number of aryl methyl sites for hydroxylation is 1. The molecule has 0 fully saturated rings. The van der Waals surface area contributed by atoms with Crippen LogP contribution in [0.4, 0.5) is 5.69 Å². The summed E-state index contributed by atoms with van der Waals surface area (Å²) >= 11 is 5.78. The lowest BCUT2D eigenvalue weighted by Crippen LogP contribution is -2.15. The van der Waals surface area contributed by atoms with Crippen LogP contribution in [0.15, 0.2) is 36.5 Å². The summed E-state index contributed by atoms with van der Waals surface area (Å²) in [5, 5.41) is 14.5. The molecule has 0 saturated carbocycles. The van der Waals surface area contributed by atoms with Gasteiger partial charge in [-0.1, -0.05) is 17.7 Å². The van der Waals surface area contributed by atoms with E-state index in [9.17, 15) is 10.1 Å².